The van der Waals surface area contributed by atoms with Gasteiger partial charge in [0.1, 0.15) is 5.49 Å². The fourth-order valence-corrected chi connectivity index (χ4v) is 2.12. The Morgan fingerprint density at radius 3 is 2.68 bits per heavy atom. The van der Waals surface area contributed by atoms with Gasteiger partial charge in [0.05, 0.1) is 22.2 Å². The molecule has 3 N–H and O–H groups in total. The zero-order valence-corrected chi connectivity index (χ0v) is 11.4. The van der Waals surface area contributed by atoms with Crippen LogP contribution in [0.1, 0.15) is 15.9 Å². The van der Waals surface area contributed by atoms with Crippen LogP contribution in [0.2, 0.25) is 10.0 Å². The molecule has 0 spiro atoms. The normalized spacial score (nSPS) is 10.4. The minimum Gasteiger partial charge on any atom is -0.365 e. The minimum absolute atomic E-state index is 0.0473. The fraction of sp³-hybridized carbons (Fsp3) is 0.0769. The lowest BCUT2D eigenvalue weighted by molar-refractivity contribution is 0.0998. The molecule has 0 saturated heterocycles. The zero-order valence-electron chi connectivity index (χ0n) is 9.86. The van der Waals surface area contributed by atoms with Gasteiger partial charge in [-0.25, -0.2) is 0 Å². The number of benzene rings is 1. The number of nitrogens with zero attached hydrogens (tertiary/aromatic N) is 1. The number of primary amides is 1. The van der Waals surface area contributed by atoms with E-state index in [0.29, 0.717) is 16.6 Å². The first-order chi connectivity index (χ1) is 9.00. The molecular weight excluding hydrogens is 285 g/mol. The van der Waals surface area contributed by atoms with Crippen LogP contribution in [0.4, 0.5) is 0 Å². The molecule has 0 aliphatic rings. The summed E-state index contributed by atoms with van der Waals surface area (Å²) in [6.07, 6.45) is 1.69. The van der Waals surface area contributed by atoms with Gasteiger partial charge in [-0.2, -0.15) is 0 Å². The number of carbonyl (C=O) groups excluding carboxylic acids is 1. The molecule has 1 aromatic heterocycles. The van der Waals surface area contributed by atoms with Crippen LogP contribution in [0.15, 0.2) is 36.5 Å². The average Bonchev–Trinajstić information content (AvgIpc) is 2.37. The molecule has 19 heavy (non-hydrogen) atoms. The van der Waals surface area contributed by atoms with E-state index in [2.05, 4.69) is 0 Å². The van der Waals surface area contributed by atoms with Crippen LogP contribution in [0.5, 0.6) is 0 Å². The second-order valence-corrected chi connectivity index (χ2v) is 4.76. The van der Waals surface area contributed by atoms with Gasteiger partial charge in [-0.05, 0) is 23.8 Å². The van der Waals surface area contributed by atoms with Crippen molar-refractivity contribution in [1.82, 2.24) is 4.57 Å². The number of halogens is 2. The molecule has 0 radical (unpaired) electrons. The van der Waals surface area contributed by atoms with Gasteiger partial charge in [0.25, 0.3) is 5.91 Å². The first kappa shape index (κ1) is 13.6. The number of carbonyl (C=O) groups is 1. The Balaban J connectivity index is 2.45. The maximum absolute atomic E-state index is 11.2. The Kier molecular flexibility index (Phi) is 3.93. The summed E-state index contributed by atoms with van der Waals surface area (Å²) in [5, 5.41) is 8.84. The Morgan fingerprint density at radius 1 is 1.26 bits per heavy atom. The minimum atomic E-state index is -0.628. The Labute approximate surface area is 119 Å². The van der Waals surface area contributed by atoms with Crippen molar-refractivity contribution in [2.75, 3.05) is 0 Å². The maximum atomic E-state index is 11.2. The lowest BCUT2D eigenvalue weighted by atomic mass is 10.2. The molecule has 0 unspecified atom stereocenters. The molecule has 1 amide bonds. The van der Waals surface area contributed by atoms with Crippen molar-refractivity contribution in [2.24, 2.45) is 5.73 Å². The first-order valence-corrected chi connectivity index (χ1v) is 6.23. The molecule has 1 heterocycles. The van der Waals surface area contributed by atoms with Crippen molar-refractivity contribution in [3.05, 3.63) is 63.2 Å². The molecule has 0 bridgehead atoms. The number of amides is 1. The van der Waals surface area contributed by atoms with Gasteiger partial charge in [0.15, 0.2) is 0 Å². The highest BCUT2D eigenvalue weighted by molar-refractivity contribution is 6.42. The van der Waals surface area contributed by atoms with Crippen molar-refractivity contribution in [1.29, 1.82) is 5.41 Å². The molecule has 2 rings (SSSR count). The first-order valence-electron chi connectivity index (χ1n) is 5.47. The van der Waals surface area contributed by atoms with Crippen molar-refractivity contribution in [3.63, 3.8) is 0 Å². The smallest absolute Gasteiger partial charge is 0.252 e. The van der Waals surface area contributed by atoms with E-state index in [9.17, 15) is 4.79 Å². The molecule has 6 heteroatoms. The molecule has 0 fully saturated rings. The van der Waals surface area contributed by atoms with Gasteiger partial charge in [-0.3, -0.25) is 10.2 Å². The molecule has 2 aromatic rings. The summed E-state index contributed by atoms with van der Waals surface area (Å²) in [4.78, 5) is 11.2. The van der Waals surface area contributed by atoms with Crippen molar-refractivity contribution >= 4 is 29.1 Å². The predicted molar refractivity (Wildman–Crippen MR) is 74.4 cm³/mol. The monoisotopic (exact) mass is 295 g/mol. The summed E-state index contributed by atoms with van der Waals surface area (Å²) >= 11 is 12.0. The molecule has 4 nitrogen and oxygen atoms in total. The van der Waals surface area contributed by atoms with E-state index in [1.165, 1.54) is 6.07 Å². The summed E-state index contributed by atoms with van der Waals surface area (Å²) < 4.78 is 1.58. The quantitative estimate of drug-likeness (QED) is 0.897. The van der Waals surface area contributed by atoms with E-state index in [1.807, 2.05) is 6.07 Å². The highest BCUT2D eigenvalue weighted by Gasteiger charge is 2.08. The zero-order chi connectivity index (χ0) is 14.0. The van der Waals surface area contributed by atoms with Gasteiger partial charge in [-0.1, -0.05) is 35.3 Å². The third kappa shape index (κ3) is 2.80. The molecule has 0 aliphatic heterocycles. The largest absolute Gasteiger partial charge is 0.365 e. The van der Waals surface area contributed by atoms with Crippen LogP contribution in [0.25, 0.3) is 0 Å². The molecule has 0 atom stereocenters. The van der Waals surface area contributed by atoms with Crippen molar-refractivity contribution in [2.45, 2.75) is 6.54 Å². The van der Waals surface area contributed by atoms with Crippen LogP contribution < -0.4 is 11.2 Å². The van der Waals surface area contributed by atoms with Gasteiger partial charge in [0.2, 0.25) is 0 Å². The summed E-state index contributed by atoms with van der Waals surface area (Å²) in [5.74, 6) is -0.628. The van der Waals surface area contributed by atoms with E-state index < -0.39 is 5.91 Å². The highest BCUT2D eigenvalue weighted by atomic mass is 35.5. The number of rotatable bonds is 3. The Hall–Kier alpha value is -1.78. The maximum Gasteiger partial charge on any atom is 0.252 e. The van der Waals surface area contributed by atoms with E-state index in [1.54, 1.807) is 29.0 Å². The summed E-state index contributed by atoms with van der Waals surface area (Å²) in [7, 11) is 0. The van der Waals surface area contributed by atoms with E-state index in [4.69, 9.17) is 34.3 Å². The average molecular weight is 296 g/mol. The molecule has 0 saturated carbocycles. The van der Waals surface area contributed by atoms with Crippen LogP contribution in [-0.4, -0.2) is 10.5 Å². The lowest BCUT2D eigenvalue weighted by Gasteiger charge is -2.10. The van der Waals surface area contributed by atoms with Gasteiger partial charge < -0.3 is 10.3 Å². The van der Waals surface area contributed by atoms with Crippen LogP contribution in [-0.2, 0) is 6.54 Å². The van der Waals surface area contributed by atoms with E-state index in [-0.39, 0.29) is 11.1 Å². The summed E-state index contributed by atoms with van der Waals surface area (Å²) in [5.41, 5.74) is 6.20. The highest BCUT2D eigenvalue weighted by Crippen LogP contribution is 2.25. The van der Waals surface area contributed by atoms with Gasteiger partial charge >= 0.3 is 0 Å². The van der Waals surface area contributed by atoms with Crippen molar-refractivity contribution < 1.29 is 4.79 Å². The second-order valence-electron chi connectivity index (χ2n) is 3.98. The third-order valence-corrected chi connectivity index (χ3v) is 3.57. The summed E-state index contributed by atoms with van der Waals surface area (Å²) in [6.45, 7) is 0.347. The number of hydrogen-bond donors (Lipinski definition) is 2. The van der Waals surface area contributed by atoms with E-state index >= 15 is 0 Å². The molecule has 1 aromatic carbocycles. The predicted octanol–water partition coefficient (Wildman–Crippen LogP) is 2.42. The number of nitrogens with one attached hydrogen (secondary N) is 1. The molecular formula is C13H11Cl2N3O. The Morgan fingerprint density at radius 2 is 2.00 bits per heavy atom. The SMILES string of the molecule is N=c1c(C(N)=O)cccn1Cc1cccc(Cl)c1Cl. The standard InChI is InChI=1S/C13H11Cl2N3O/c14-10-5-1-3-8(11(10)15)7-18-6-2-4-9(12(18)16)13(17)19/h1-6,16H,7H2,(H2,17,19). The number of pyridine rings is 1. The lowest BCUT2D eigenvalue weighted by Crippen LogP contribution is -2.29. The number of nitrogens with two attached hydrogens (primary N) is 1. The Bertz CT molecular complexity index is 695. The summed E-state index contributed by atoms with van der Waals surface area (Å²) in [6, 6.07) is 8.47. The van der Waals surface area contributed by atoms with Gasteiger partial charge in [-0.15, -0.1) is 0 Å². The molecule has 98 valence electrons. The topological polar surface area (TPSA) is 71.9 Å². The van der Waals surface area contributed by atoms with Crippen LogP contribution in [0, 0.1) is 5.41 Å². The molecule has 0 aliphatic carbocycles. The second kappa shape index (κ2) is 5.47. The van der Waals surface area contributed by atoms with Crippen LogP contribution >= 0.6 is 23.2 Å². The van der Waals surface area contributed by atoms with Crippen molar-refractivity contribution in [3.8, 4) is 0 Å². The van der Waals surface area contributed by atoms with Gasteiger partial charge in [0, 0.05) is 6.20 Å². The third-order valence-electron chi connectivity index (χ3n) is 2.71. The fourth-order valence-electron chi connectivity index (χ4n) is 1.74. The number of aromatic nitrogens is 1. The number of hydrogen-bond acceptors (Lipinski definition) is 2. The van der Waals surface area contributed by atoms with Crippen LogP contribution in [0.3, 0.4) is 0 Å². The van der Waals surface area contributed by atoms with E-state index in [0.717, 1.165) is 5.56 Å².